The number of nitrogens with zero attached hydrogens (tertiary/aromatic N) is 3. The summed E-state index contributed by atoms with van der Waals surface area (Å²) in [5, 5.41) is 2.65. The zero-order valence-corrected chi connectivity index (χ0v) is 16.2. The van der Waals surface area contributed by atoms with Crippen molar-refractivity contribution in [1.82, 2.24) is 15.2 Å². The first-order valence-corrected chi connectivity index (χ1v) is 9.89. The lowest BCUT2D eigenvalue weighted by Gasteiger charge is -2.39. The Balaban J connectivity index is 1.59. The number of carbonyl (C=O) groups excluding carboxylic acids is 1. The molecular weight excluding hydrogens is 331 g/mol. The van der Waals surface area contributed by atoms with E-state index in [2.05, 4.69) is 29.0 Å². The Labute approximate surface area is 156 Å². The number of hydrogen-bond acceptors (Lipinski definition) is 4. The van der Waals surface area contributed by atoms with Crippen molar-refractivity contribution in [3.63, 3.8) is 0 Å². The van der Waals surface area contributed by atoms with E-state index in [0.717, 1.165) is 26.2 Å². The Hall–Kier alpha value is -1.69. The molecule has 2 fully saturated rings. The average Bonchev–Trinajstić information content (AvgIpc) is 3.05. The number of pyridine rings is 1. The summed E-state index contributed by atoms with van der Waals surface area (Å²) in [6.45, 7) is 10.6. The van der Waals surface area contributed by atoms with Gasteiger partial charge in [-0.15, -0.1) is 0 Å². The molecule has 0 spiro atoms. The monoisotopic (exact) mass is 362 g/mol. The molecule has 1 saturated heterocycles. The number of nitrogens with one attached hydrogen (secondary N) is 1. The van der Waals surface area contributed by atoms with E-state index in [1.807, 2.05) is 11.8 Å². The molecule has 6 heteroatoms. The Morgan fingerprint density at radius 1 is 1.31 bits per heavy atom. The lowest BCUT2D eigenvalue weighted by molar-refractivity contribution is 0.0949. The van der Waals surface area contributed by atoms with Gasteiger partial charge >= 0.3 is 0 Å². The Morgan fingerprint density at radius 3 is 2.62 bits per heavy atom. The van der Waals surface area contributed by atoms with E-state index in [1.165, 1.54) is 25.7 Å². The van der Waals surface area contributed by atoms with Gasteiger partial charge in [-0.2, -0.15) is 4.39 Å². The van der Waals surface area contributed by atoms with Crippen LogP contribution in [0.25, 0.3) is 0 Å². The minimum Gasteiger partial charge on any atom is -0.365 e. The molecule has 2 aliphatic rings. The molecule has 1 aromatic heterocycles. The van der Waals surface area contributed by atoms with Crippen LogP contribution in [0.15, 0.2) is 12.1 Å². The Morgan fingerprint density at radius 2 is 2.04 bits per heavy atom. The lowest BCUT2D eigenvalue weighted by atomic mass is 9.86. The maximum absolute atomic E-state index is 14.4. The number of anilines is 1. The predicted molar refractivity (Wildman–Crippen MR) is 102 cm³/mol. The first-order chi connectivity index (χ1) is 12.5. The van der Waals surface area contributed by atoms with Gasteiger partial charge in [0.15, 0.2) is 0 Å². The molecule has 2 heterocycles. The molecule has 144 valence electrons. The van der Waals surface area contributed by atoms with Gasteiger partial charge in [-0.3, -0.25) is 9.69 Å². The van der Waals surface area contributed by atoms with Crippen LogP contribution in [0, 0.1) is 11.4 Å². The number of amides is 1. The van der Waals surface area contributed by atoms with Crippen molar-refractivity contribution in [2.75, 3.05) is 37.6 Å². The third-order valence-electron chi connectivity index (χ3n) is 6.23. The third-order valence-corrected chi connectivity index (χ3v) is 6.23. The van der Waals surface area contributed by atoms with Crippen molar-refractivity contribution >= 4 is 11.6 Å². The highest BCUT2D eigenvalue weighted by Crippen LogP contribution is 2.42. The highest BCUT2D eigenvalue weighted by molar-refractivity contribution is 5.92. The zero-order chi connectivity index (χ0) is 18.7. The Bertz CT molecular complexity index is 645. The van der Waals surface area contributed by atoms with E-state index in [-0.39, 0.29) is 11.6 Å². The number of aromatic nitrogens is 1. The van der Waals surface area contributed by atoms with E-state index in [4.69, 9.17) is 0 Å². The summed E-state index contributed by atoms with van der Waals surface area (Å²) in [6, 6.07) is 3.97. The second kappa shape index (κ2) is 7.91. The molecule has 1 N–H and O–H groups in total. The second-order valence-corrected chi connectivity index (χ2v) is 7.95. The van der Waals surface area contributed by atoms with Crippen LogP contribution in [0.2, 0.25) is 0 Å². The normalized spacial score (nSPS) is 26.9. The van der Waals surface area contributed by atoms with Crippen LogP contribution >= 0.6 is 0 Å². The highest BCUT2D eigenvalue weighted by Gasteiger charge is 2.37. The first-order valence-electron chi connectivity index (χ1n) is 9.89. The molecule has 3 rings (SSSR count). The standard InChI is InChI=1S/C20H31FN4O/c1-4-20(3)9-8-15(14-20)24-10-12-25(13-11-24)17-7-6-16(23-18(17)21)19(26)22-5-2/h6-7,15H,4-5,8-14H2,1-3H3,(H,22,26). The molecule has 0 radical (unpaired) electrons. The summed E-state index contributed by atoms with van der Waals surface area (Å²) in [5.41, 5.74) is 1.13. The fourth-order valence-corrected chi connectivity index (χ4v) is 4.29. The minimum atomic E-state index is -0.554. The number of piperazine rings is 1. The highest BCUT2D eigenvalue weighted by atomic mass is 19.1. The number of hydrogen-bond donors (Lipinski definition) is 1. The van der Waals surface area contributed by atoms with Gasteiger partial charge in [-0.05, 0) is 43.7 Å². The molecule has 1 aliphatic heterocycles. The van der Waals surface area contributed by atoms with E-state index in [0.29, 0.717) is 23.7 Å². The molecule has 1 aromatic rings. The zero-order valence-electron chi connectivity index (χ0n) is 16.2. The van der Waals surface area contributed by atoms with Gasteiger partial charge in [0.25, 0.3) is 5.91 Å². The van der Waals surface area contributed by atoms with Crippen molar-refractivity contribution < 1.29 is 9.18 Å². The van der Waals surface area contributed by atoms with Crippen LogP contribution < -0.4 is 10.2 Å². The quantitative estimate of drug-likeness (QED) is 0.818. The van der Waals surface area contributed by atoms with Gasteiger partial charge in [0, 0.05) is 38.8 Å². The lowest BCUT2D eigenvalue weighted by Crippen LogP contribution is -2.50. The van der Waals surface area contributed by atoms with Gasteiger partial charge in [0.2, 0.25) is 5.95 Å². The summed E-state index contributed by atoms with van der Waals surface area (Å²) in [6.07, 6.45) is 5.12. The van der Waals surface area contributed by atoms with Gasteiger partial charge < -0.3 is 10.2 Å². The second-order valence-electron chi connectivity index (χ2n) is 7.95. The van der Waals surface area contributed by atoms with Crippen LogP contribution in [0.4, 0.5) is 10.1 Å². The van der Waals surface area contributed by atoms with Crippen LogP contribution in [0.1, 0.15) is 56.9 Å². The maximum atomic E-state index is 14.4. The fourth-order valence-electron chi connectivity index (χ4n) is 4.29. The van der Waals surface area contributed by atoms with Crippen molar-refractivity contribution in [2.24, 2.45) is 5.41 Å². The molecular formula is C20H31FN4O. The van der Waals surface area contributed by atoms with Gasteiger partial charge in [-0.1, -0.05) is 20.3 Å². The van der Waals surface area contributed by atoms with E-state index in [1.54, 1.807) is 12.1 Å². The molecule has 0 aromatic carbocycles. The summed E-state index contributed by atoms with van der Waals surface area (Å²) < 4.78 is 14.4. The molecule has 5 nitrogen and oxygen atoms in total. The van der Waals surface area contributed by atoms with Gasteiger partial charge in [0.1, 0.15) is 5.69 Å². The van der Waals surface area contributed by atoms with Crippen molar-refractivity contribution in [3.05, 3.63) is 23.8 Å². The van der Waals surface area contributed by atoms with Gasteiger partial charge in [-0.25, -0.2) is 4.98 Å². The first kappa shape index (κ1) is 19.1. The van der Waals surface area contributed by atoms with E-state index < -0.39 is 5.95 Å². The number of carbonyl (C=O) groups is 1. The molecule has 26 heavy (non-hydrogen) atoms. The van der Waals surface area contributed by atoms with Crippen molar-refractivity contribution in [2.45, 2.75) is 52.5 Å². The molecule has 2 atom stereocenters. The smallest absolute Gasteiger partial charge is 0.269 e. The third kappa shape index (κ3) is 4.00. The Kier molecular flexibility index (Phi) is 5.80. The van der Waals surface area contributed by atoms with Crippen LogP contribution in [-0.4, -0.2) is 54.6 Å². The topological polar surface area (TPSA) is 48.5 Å². The summed E-state index contributed by atoms with van der Waals surface area (Å²) >= 11 is 0. The molecule has 1 saturated carbocycles. The van der Waals surface area contributed by atoms with Crippen LogP contribution in [-0.2, 0) is 0 Å². The number of rotatable bonds is 5. The fraction of sp³-hybridized carbons (Fsp3) is 0.700. The summed E-state index contributed by atoms with van der Waals surface area (Å²) in [7, 11) is 0. The predicted octanol–water partition coefficient (Wildman–Crippen LogP) is 3.06. The van der Waals surface area contributed by atoms with Crippen LogP contribution in [0.3, 0.4) is 0 Å². The largest absolute Gasteiger partial charge is 0.365 e. The van der Waals surface area contributed by atoms with Crippen molar-refractivity contribution in [1.29, 1.82) is 0 Å². The summed E-state index contributed by atoms with van der Waals surface area (Å²) in [4.78, 5) is 20.3. The molecule has 2 unspecified atom stereocenters. The average molecular weight is 362 g/mol. The van der Waals surface area contributed by atoms with Gasteiger partial charge in [0.05, 0.1) is 5.69 Å². The summed E-state index contributed by atoms with van der Waals surface area (Å²) in [5.74, 6) is -0.885. The number of halogens is 1. The molecule has 0 bridgehead atoms. The minimum absolute atomic E-state index is 0.136. The maximum Gasteiger partial charge on any atom is 0.269 e. The SMILES string of the molecule is CCNC(=O)c1ccc(N2CCN(C3CCC(C)(CC)C3)CC2)c(F)n1. The van der Waals surface area contributed by atoms with E-state index >= 15 is 0 Å². The van der Waals surface area contributed by atoms with Crippen LogP contribution in [0.5, 0.6) is 0 Å². The molecule has 1 aliphatic carbocycles. The van der Waals surface area contributed by atoms with E-state index in [9.17, 15) is 9.18 Å². The molecule has 1 amide bonds. The van der Waals surface area contributed by atoms with Crippen molar-refractivity contribution in [3.8, 4) is 0 Å².